The van der Waals surface area contributed by atoms with Gasteiger partial charge in [-0.05, 0) is 63.6 Å². The number of hydrogen-bond acceptors (Lipinski definition) is 6. The van der Waals surface area contributed by atoms with Gasteiger partial charge in [0.1, 0.15) is 21.8 Å². The van der Waals surface area contributed by atoms with Crippen molar-refractivity contribution >= 4 is 26.9 Å². The minimum absolute atomic E-state index is 0.0109. The summed E-state index contributed by atoms with van der Waals surface area (Å²) in [6.45, 7) is 5.37. The maximum atomic E-state index is 14.0. The number of hydrogen-bond donors (Lipinski definition) is 1. The number of H-pyrrole nitrogens is 1. The molecule has 2 aromatic carbocycles. The summed E-state index contributed by atoms with van der Waals surface area (Å²) < 4.78 is 39.1. The van der Waals surface area contributed by atoms with Gasteiger partial charge >= 0.3 is 5.97 Å². The fourth-order valence-corrected chi connectivity index (χ4v) is 6.57. The van der Waals surface area contributed by atoms with E-state index in [1.54, 1.807) is 69.3 Å². The second kappa shape index (κ2) is 10.1. The molecule has 0 radical (unpaired) electrons. The summed E-state index contributed by atoms with van der Waals surface area (Å²) in [4.78, 5) is 28.4. The molecule has 0 saturated heterocycles. The highest BCUT2D eigenvalue weighted by atomic mass is 32.2. The van der Waals surface area contributed by atoms with Gasteiger partial charge in [-0.15, -0.1) is 0 Å². The normalized spacial score (nSPS) is 17.2. The van der Waals surface area contributed by atoms with E-state index in [4.69, 9.17) is 9.47 Å². The SMILES string of the molecule is CCOC(=O)c1ccc(Oc2ccccc2)c(-c2c[nH]c(=O)c3c2ccn3S(=O)(=O)C2(C)CC=CC=C2C)c1. The molecule has 200 valence electrons. The number of aromatic nitrogens is 2. The van der Waals surface area contributed by atoms with Crippen molar-refractivity contribution in [3.63, 3.8) is 0 Å². The number of rotatable bonds is 7. The average molecular weight is 545 g/mol. The molecular weight excluding hydrogens is 516 g/mol. The molecule has 0 aliphatic heterocycles. The highest BCUT2D eigenvalue weighted by molar-refractivity contribution is 7.91. The van der Waals surface area contributed by atoms with Crippen LogP contribution in [0.3, 0.4) is 0 Å². The third-order valence-corrected chi connectivity index (χ3v) is 9.56. The number of nitrogens with zero attached hydrogens (tertiary/aromatic N) is 1. The van der Waals surface area contributed by atoms with Crippen LogP contribution in [0, 0.1) is 0 Å². The molecule has 0 amide bonds. The number of benzene rings is 2. The van der Waals surface area contributed by atoms with Crippen molar-refractivity contribution in [3.05, 3.63) is 107 Å². The topological polar surface area (TPSA) is 107 Å². The molecule has 1 aliphatic carbocycles. The number of pyridine rings is 1. The maximum Gasteiger partial charge on any atom is 0.338 e. The van der Waals surface area contributed by atoms with Crippen LogP contribution >= 0.6 is 0 Å². The van der Waals surface area contributed by atoms with Crippen LogP contribution in [0.2, 0.25) is 0 Å². The van der Waals surface area contributed by atoms with Crippen LogP contribution in [-0.4, -0.2) is 34.7 Å². The van der Waals surface area contributed by atoms with Crippen molar-refractivity contribution in [2.24, 2.45) is 0 Å². The Labute approximate surface area is 226 Å². The van der Waals surface area contributed by atoms with Crippen molar-refractivity contribution in [2.45, 2.75) is 31.9 Å². The van der Waals surface area contributed by atoms with Crippen LogP contribution in [0.5, 0.6) is 11.5 Å². The highest BCUT2D eigenvalue weighted by Gasteiger charge is 2.42. The Kier molecular flexibility index (Phi) is 6.78. The molecule has 1 atom stereocenters. The summed E-state index contributed by atoms with van der Waals surface area (Å²) in [5.41, 5.74) is 1.40. The first-order valence-corrected chi connectivity index (χ1v) is 14.0. The fourth-order valence-electron chi connectivity index (χ4n) is 4.72. The van der Waals surface area contributed by atoms with Gasteiger partial charge in [-0.25, -0.2) is 17.2 Å². The van der Waals surface area contributed by atoms with Gasteiger partial charge in [0.05, 0.1) is 12.2 Å². The van der Waals surface area contributed by atoms with Crippen LogP contribution in [-0.2, 0) is 14.8 Å². The quantitative estimate of drug-likeness (QED) is 0.294. The largest absolute Gasteiger partial charge is 0.462 e. The van der Waals surface area contributed by atoms with Gasteiger partial charge in [-0.3, -0.25) is 4.79 Å². The standard InChI is InChI=1S/C30H28N2O6S/c1-4-37-29(34)21-13-14-26(38-22-11-6-5-7-12-22)24(18-21)25-19-31-28(33)27-23(25)15-17-32(27)39(35,36)30(3)16-9-8-10-20(30)2/h5-15,17-19H,4,16H2,1-3H3,(H,31,33). The third kappa shape index (κ3) is 4.48. The van der Waals surface area contributed by atoms with E-state index in [1.165, 1.54) is 12.4 Å². The monoisotopic (exact) mass is 544 g/mol. The predicted octanol–water partition coefficient (Wildman–Crippen LogP) is 5.81. The summed E-state index contributed by atoms with van der Waals surface area (Å²) in [6.07, 6.45) is 8.60. The van der Waals surface area contributed by atoms with Crippen molar-refractivity contribution < 1.29 is 22.7 Å². The zero-order valence-electron chi connectivity index (χ0n) is 21.8. The Hall–Kier alpha value is -4.37. The number of aromatic amines is 1. The lowest BCUT2D eigenvalue weighted by Crippen LogP contribution is -2.41. The lowest BCUT2D eigenvalue weighted by atomic mass is 9.94. The van der Waals surface area contributed by atoms with Crippen LogP contribution in [0.25, 0.3) is 22.0 Å². The molecule has 8 nitrogen and oxygen atoms in total. The molecule has 2 aromatic heterocycles. The van der Waals surface area contributed by atoms with Crippen LogP contribution in [0.1, 0.15) is 37.6 Å². The van der Waals surface area contributed by atoms with Gasteiger partial charge in [-0.1, -0.05) is 42.0 Å². The number of esters is 1. The minimum Gasteiger partial charge on any atom is -0.462 e. The molecule has 0 bridgehead atoms. The fraction of sp³-hybridized carbons (Fsp3) is 0.200. The third-order valence-electron chi connectivity index (χ3n) is 7.11. The molecule has 39 heavy (non-hydrogen) atoms. The van der Waals surface area contributed by atoms with E-state index >= 15 is 0 Å². The van der Waals surface area contributed by atoms with Crippen LogP contribution < -0.4 is 10.3 Å². The average Bonchev–Trinajstić information content (AvgIpc) is 3.39. The molecule has 2 heterocycles. The van der Waals surface area contributed by atoms with Gasteiger partial charge in [0.15, 0.2) is 0 Å². The Morgan fingerprint density at radius 1 is 1.10 bits per heavy atom. The summed E-state index contributed by atoms with van der Waals surface area (Å²) >= 11 is 0. The first-order valence-electron chi connectivity index (χ1n) is 12.5. The first-order chi connectivity index (χ1) is 18.7. The van der Waals surface area contributed by atoms with E-state index in [0.717, 1.165) is 3.97 Å². The van der Waals surface area contributed by atoms with Gasteiger partial charge in [0.2, 0.25) is 10.0 Å². The number of carbonyl (C=O) groups excluding carboxylic acids is 1. The van der Waals surface area contributed by atoms with E-state index in [9.17, 15) is 18.0 Å². The Bertz CT molecular complexity index is 1800. The molecule has 1 aliphatic rings. The Morgan fingerprint density at radius 3 is 2.59 bits per heavy atom. The number of allylic oxidation sites excluding steroid dienone is 3. The van der Waals surface area contributed by atoms with Gasteiger partial charge in [0, 0.05) is 28.9 Å². The minimum atomic E-state index is -4.03. The van der Waals surface area contributed by atoms with E-state index in [-0.39, 0.29) is 18.5 Å². The molecule has 5 rings (SSSR count). The zero-order valence-corrected chi connectivity index (χ0v) is 22.6. The molecule has 0 saturated carbocycles. The summed E-state index contributed by atoms with van der Waals surface area (Å²) in [5.74, 6) is 0.483. The lowest BCUT2D eigenvalue weighted by Gasteiger charge is -2.31. The summed E-state index contributed by atoms with van der Waals surface area (Å²) in [7, 11) is -4.03. The smallest absolute Gasteiger partial charge is 0.338 e. The van der Waals surface area contributed by atoms with E-state index in [2.05, 4.69) is 4.98 Å². The van der Waals surface area contributed by atoms with E-state index < -0.39 is 26.3 Å². The molecule has 1 N–H and O–H groups in total. The molecule has 0 spiro atoms. The molecule has 0 fully saturated rings. The second-order valence-electron chi connectivity index (χ2n) is 9.47. The van der Waals surface area contributed by atoms with Crippen molar-refractivity contribution in [1.82, 2.24) is 8.96 Å². The van der Waals surface area contributed by atoms with Gasteiger partial charge < -0.3 is 14.5 Å². The molecule has 1 unspecified atom stereocenters. The molecule has 4 aromatic rings. The summed E-state index contributed by atoms with van der Waals surface area (Å²) in [5, 5.41) is 0.401. The predicted molar refractivity (Wildman–Crippen MR) is 151 cm³/mol. The first kappa shape index (κ1) is 26.2. The van der Waals surface area contributed by atoms with Crippen molar-refractivity contribution in [2.75, 3.05) is 6.61 Å². The van der Waals surface area contributed by atoms with Crippen LogP contribution in [0.15, 0.2) is 95.6 Å². The highest BCUT2D eigenvalue weighted by Crippen LogP contribution is 2.40. The van der Waals surface area contributed by atoms with Crippen LogP contribution in [0.4, 0.5) is 0 Å². The Balaban J connectivity index is 1.72. The number of nitrogens with one attached hydrogen (secondary N) is 1. The van der Waals surface area contributed by atoms with Crippen molar-refractivity contribution in [1.29, 1.82) is 0 Å². The molecule has 9 heteroatoms. The number of para-hydroxylation sites is 1. The van der Waals surface area contributed by atoms with Gasteiger partial charge in [0.25, 0.3) is 5.56 Å². The lowest BCUT2D eigenvalue weighted by molar-refractivity contribution is 0.0526. The number of fused-ring (bicyclic) bond motifs is 1. The maximum absolute atomic E-state index is 14.0. The number of carbonyl (C=O) groups is 1. The zero-order chi connectivity index (χ0) is 27.8. The van der Waals surface area contributed by atoms with Gasteiger partial charge in [-0.2, -0.15) is 0 Å². The van der Waals surface area contributed by atoms with E-state index in [0.29, 0.717) is 39.1 Å². The summed E-state index contributed by atoms with van der Waals surface area (Å²) in [6, 6.07) is 15.6. The Morgan fingerprint density at radius 2 is 1.87 bits per heavy atom. The van der Waals surface area contributed by atoms with E-state index in [1.807, 2.05) is 24.3 Å². The van der Waals surface area contributed by atoms with Crippen molar-refractivity contribution in [3.8, 4) is 22.6 Å². The number of ether oxygens (including phenoxy) is 2. The second-order valence-corrected chi connectivity index (χ2v) is 11.7. The molecular formula is C30H28N2O6S.